The van der Waals surface area contributed by atoms with Gasteiger partial charge in [-0.25, -0.2) is 14.8 Å². The maximum Gasteiger partial charge on any atom is 0.354 e. The molecule has 3 fully saturated rings. The third kappa shape index (κ3) is 10.7. The van der Waals surface area contributed by atoms with Crippen LogP contribution < -0.4 is 25.2 Å². The number of likely N-dealkylation sites (tertiary alicyclic amines) is 1. The topological polar surface area (TPSA) is 178 Å². The van der Waals surface area contributed by atoms with E-state index in [0.29, 0.717) is 66.1 Å². The average Bonchev–Trinajstić information content (AvgIpc) is 3.98. The molecule has 73 heavy (non-hydrogen) atoms. The number of nitrogens with one attached hydrogen (secondary N) is 2. The van der Waals surface area contributed by atoms with Crippen LogP contribution in [0.1, 0.15) is 86.8 Å². The number of anilines is 3. The van der Waals surface area contributed by atoms with Gasteiger partial charge in [-0.1, -0.05) is 47.7 Å². The van der Waals surface area contributed by atoms with Gasteiger partial charge in [-0.3, -0.25) is 34.6 Å². The molecule has 1 unspecified atom stereocenters. The van der Waals surface area contributed by atoms with Crippen molar-refractivity contribution in [2.24, 2.45) is 13.0 Å². The van der Waals surface area contributed by atoms with Crippen LogP contribution in [0.2, 0.25) is 0 Å². The van der Waals surface area contributed by atoms with Gasteiger partial charge < -0.3 is 24.5 Å². The number of pyridine rings is 1. The minimum atomic E-state index is -1.12. The van der Waals surface area contributed by atoms with Crippen LogP contribution in [0.25, 0.3) is 21.1 Å². The molecule has 4 aliphatic heterocycles. The second-order valence-electron chi connectivity index (χ2n) is 19.8. The van der Waals surface area contributed by atoms with Crippen molar-refractivity contribution < 1.29 is 29.0 Å². The van der Waals surface area contributed by atoms with Gasteiger partial charge >= 0.3 is 5.97 Å². The van der Waals surface area contributed by atoms with Crippen LogP contribution in [-0.2, 0) is 42.6 Å². The van der Waals surface area contributed by atoms with Gasteiger partial charge in [-0.15, -0.1) is 0 Å². The minimum Gasteiger partial charge on any atom is -0.489 e. The lowest BCUT2D eigenvalue weighted by Crippen LogP contribution is -2.49. The Balaban J connectivity index is 0.622. The summed E-state index contributed by atoms with van der Waals surface area (Å²) in [5.41, 5.74) is 7.96. The smallest absolute Gasteiger partial charge is 0.354 e. The molecular weight excluding hydrogens is 941 g/mol. The first kappa shape index (κ1) is 48.1. The van der Waals surface area contributed by atoms with E-state index in [1.807, 2.05) is 77.3 Å². The number of imide groups is 1. The Morgan fingerprint density at radius 1 is 0.822 bits per heavy atom. The molecule has 0 spiro atoms. The summed E-state index contributed by atoms with van der Waals surface area (Å²) in [6.07, 6.45) is 5.98. The molecule has 7 aromatic rings. The summed E-state index contributed by atoms with van der Waals surface area (Å²) in [7, 11) is 1.92. The van der Waals surface area contributed by atoms with E-state index >= 15 is 0 Å². The Bertz CT molecular complexity index is 3180. The predicted molar refractivity (Wildman–Crippen MR) is 283 cm³/mol. The van der Waals surface area contributed by atoms with E-state index in [4.69, 9.17) is 9.84 Å². The normalized spacial score (nSPS) is 18.0. The Morgan fingerprint density at radius 3 is 2.44 bits per heavy atom. The minimum absolute atomic E-state index is 0.0454. The first-order valence-electron chi connectivity index (χ1n) is 25.6. The Kier molecular flexibility index (Phi) is 13.9. The molecule has 4 aliphatic rings. The third-order valence-corrected chi connectivity index (χ3v) is 16.2. The number of rotatable bonds is 15. The van der Waals surface area contributed by atoms with Crippen molar-refractivity contribution in [2.75, 3.05) is 74.0 Å². The van der Waals surface area contributed by atoms with Crippen molar-refractivity contribution in [1.29, 1.82) is 0 Å². The summed E-state index contributed by atoms with van der Waals surface area (Å²) < 4.78 is 9.08. The number of amides is 3. The average molecular weight is 1000 g/mol. The molecule has 3 amide bonds. The molecule has 4 aromatic carbocycles. The number of ether oxygens (including phenoxy) is 1. The van der Waals surface area contributed by atoms with E-state index in [1.54, 1.807) is 6.07 Å². The number of hydrogen-bond donors (Lipinski definition) is 3. The second-order valence-corrected chi connectivity index (χ2v) is 20.9. The van der Waals surface area contributed by atoms with Crippen LogP contribution in [0.4, 0.5) is 16.6 Å². The third-order valence-electron chi connectivity index (χ3n) is 15.3. The molecule has 3 N–H and O–H groups in total. The van der Waals surface area contributed by atoms with Gasteiger partial charge in [0, 0.05) is 88.0 Å². The predicted octanol–water partition coefficient (Wildman–Crippen LogP) is 7.66. The lowest BCUT2D eigenvalue weighted by Gasteiger charge is -2.38. The Morgan fingerprint density at radius 2 is 1.63 bits per heavy atom. The van der Waals surface area contributed by atoms with Crippen molar-refractivity contribution in [1.82, 2.24) is 34.9 Å². The number of benzene rings is 4. The zero-order valence-corrected chi connectivity index (χ0v) is 41.9. The number of nitrogens with zero attached hydrogens (tertiary/aromatic N) is 8. The van der Waals surface area contributed by atoms with E-state index < -0.39 is 11.9 Å². The van der Waals surface area contributed by atoms with Crippen LogP contribution >= 0.6 is 11.3 Å². The Hall–Kier alpha value is -7.21. The van der Waals surface area contributed by atoms with E-state index in [2.05, 4.69) is 65.6 Å². The fourth-order valence-electron chi connectivity index (χ4n) is 11.1. The molecule has 1 atom stereocenters. The molecule has 0 aliphatic carbocycles. The van der Waals surface area contributed by atoms with Gasteiger partial charge in [0.15, 0.2) is 10.8 Å². The van der Waals surface area contributed by atoms with E-state index in [0.717, 1.165) is 103 Å². The number of aromatic nitrogens is 4. The largest absolute Gasteiger partial charge is 0.489 e. The van der Waals surface area contributed by atoms with Crippen molar-refractivity contribution >= 4 is 72.8 Å². The number of aryl methyl sites for hydroxylation is 2. The molecule has 17 heteroatoms. The van der Waals surface area contributed by atoms with Crippen LogP contribution in [0.5, 0.6) is 5.75 Å². The molecule has 7 heterocycles. The molecule has 0 radical (unpaired) electrons. The van der Waals surface area contributed by atoms with Crippen molar-refractivity contribution in [3.63, 3.8) is 0 Å². The summed E-state index contributed by atoms with van der Waals surface area (Å²) in [6.45, 7) is 9.46. The molecule has 376 valence electrons. The molecule has 3 saturated heterocycles. The number of carboxylic acids is 1. The standard InChI is InChI=1S/C56H60N10O6S/c1-62-47-33-40(15-16-43(47)52(61-62)44-17-19-50(67)59-54(44)69)65-30-28-64(29-31-65)27-26-63-23-20-36(21-24-63)12-13-37-6-4-8-41(32-37)72-35-39-14-18-49(58-51(39)55(70)71)66-25-22-38-7-5-9-42(45(38)34-66)53(68)60-56-57-46-10-2-3-11-48(46)73-56/h2-11,14-16,18,32-33,36,44H,12-13,17,19-31,34-35H2,1H3,(H,70,71)(H,57,60,68)(H,59,67,69). The van der Waals surface area contributed by atoms with Crippen LogP contribution in [0, 0.1) is 5.92 Å². The lowest BCUT2D eigenvalue weighted by atomic mass is 9.90. The van der Waals surface area contributed by atoms with E-state index in [1.165, 1.54) is 35.4 Å². The number of carbonyl (C=O) groups is 4. The number of piperazine rings is 1. The van der Waals surface area contributed by atoms with Gasteiger partial charge in [-0.05, 0) is 135 Å². The number of carboxylic acid groups (broad SMARTS) is 1. The first-order chi connectivity index (χ1) is 35.6. The number of carbonyl (C=O) groups excluding carboxylic acids is 3. The molecule has 16 nitrogen and oxygen atoms in total. The number of piperidine rings is 2. The van der Waals surface area contributed by atoms with Crippen molar-refractivity contribution in [3.8, 4) is 5.75 Å². The van der Waals surface area contributed by atoms with Gasteiger partial charge in [0.05, 0.1) is 27.3 Å². The van der Waals surface area contributed by atoms with Crippen molar-refractivity contribution in [2.45, 2.75) is 64.0 Å². The highest BCUT2D eigenvalue weighted by Gasteiger charge is 2.32. The SMILES string of the molecule is Cn1nc(C2CCC(=O)NC2=O)c2ccc(N3CCN(CCN4CCC(CCc5cccc(OCc6ccc(N7CCc8cccc(C(=O)Nc9nc%10ccccc%10s9)c8C7)nc6C(=O)O)c5)CC4)CC3)cc21. The molecule has 11 rings (SSSR count). The number of fused-ring (bicyclic) bond motifs is 3. The Labute approximate surface area is 428 Å². The number of para-hydroxylation sites is 1. The zero-order valence-electron chi connectivity index (χ0n) is 41.1. The fraction of sp³-hybridized carbons (Fsp3) is 0.375. The second kappa shape index (κ2) is 21.1. The molecule has 3 aromatic heterocycles. The van der Waals surface area contributed by atoms with Gasteiger partial charge in [0.25, 0.3) is 5.91 Å². The highest BCUT2D eigenvalue weighted by atomic mass is 32.1. The van der Waals surface area contributed by atoms with Gasteiger partial charge in [0.2, 0.25) is 11.8 Å². The van der Waals surface area contributed by atoms with Gasteiger partial charge in [0.1, 0.15) is 18.2 Å². The fourth-order valence-corrected chi connectivity index (χ4v) is 11.9. The summed E-state index contributed by atoms with van der Waals surface area (Å²) in [4.78, 5) is 69.4. The number of aromatic carboxylic acids is 1. The van der Waals surface area contributed by atoms with Crippen LogP contribution in [-0.4, -0.2) is 117 Å². The maximum absolute atomic E-state index is 13.6. The summed E-state index contributed by atoms with van der Waals surface area (Å²) >= 11 is 1.44. The quantitative estimate of drug-likeness (QED) is 0.0854. The first-order valence-corrected chi connectivity index (χ1v) is 26.4. The molecule has 0 bridgehead atoms. The summed E-state index contributed by atoms with van der Waals surface area (Å²) in [5.74, 6) is -0.309. The highest BCUT2D eigenvalue weighted by Crippen LogP contribution is 2.34. The molecular formula is C56H60N10O6S. The maximum atomic E-state index is 13.6. The summed E-state index contributed by atoms with van der Waals surface area (Å²) in [5, 5.41) is 22.0. The highest BCUT2D eigenvalue weighted by molar-refractivity contribution is 7.22. The summed E-state index contributed by atoms with van der Waals surface area (Å²) in [6, 6.07) is 31.8. The van der Waals surface area contributed by atoms with Crippen LogP contribution in [0.15, 0.2) is 97.1 Å². The number of thiazole rings is 1. The van der Waals surface area contributed by atoms with Gasteiger partial charge in [-0.2, -0.15) is 5.10 Å². The zero-order chi connectivity index (χ0) is 50.0. The number of hydrogen-bond acceptors (Lipinski definition) is 13. The van der Waals surface area contributed by atoms with Crippen LogP contribution in [0.3, 0.4) is 0 Å². The van der Waals surface area contributed by atoms with E-state index in [-0.39, 0.29) is 30.0 Å². The molecule has 0 saturated carbocycles. The van der Waals surface area contributed by atoms with E-state index in [9.17, 15) is 24.3 Å². The van der Waals surface area contributed by atoms with Crippen molar-refractivity contribution in [3.05, 3.63) is 136 Å². The lowest BCUT2D eigenvalue weighted by molar-refractivity contribution is -0.134. The monoisotopic (exact) mass is 1000 g/mol.